The molecule has 1 aromatic rings. The summed E-state index contributed by atoms with van der Waals surface area (Å²) in [6, 6.07) is 4.00. The lowest BCUT2D eigenvalue weighted by atomic mass is 9.67. The fourth-order valence-electron chi connectivity index (χ4n) is 3.41. The van der Waals surface area contributed by atoms with E-state index in [1.807, 2.05) is 18.3 Å². The Labute approximate surface area is 186 Å². The van der Waals surface area contributed by atoms with Crippen LogP contribution in [-0.2, 0) is 11.3 Å². The Kier molecular flexibility index (Phi) is 9.77. The van der Waals surface area contributed by atoms with E-state index in [2.05, 4.69) is 22.5 Å². The molecule has 0 amide bonds. The number of nitrogens with one attached hydrogen (secondary N) is 2. The summed E-state index contributed by atoms with van der Waals surface area (Å²) in [5, 5.41) is 6.90. The molecule has 0 saturated heterocycles. The van der Waals surface area contributed by atoms with Crippen LogP contribution in [0.25, 0.3) is 0 Å². The van der Waals surface area contributed by atoms with Gasteiger partial charge in [-0.05, 0) is 62.0 Å². The van der Waals surface area contributed by atoms with E-state index >= 15 is 0 Å². The molecule has 0 spiro atoms. The summed E-state index contributed by atoms with van der Waals surface area (Å²) in [5.41, 5.74) is 1.48. The van der Waals surface area contributed by atoms with Crippen molar-refractivity contribution in [1.82, 2.24) is 15.6 Å². The highest BCUT2D eigenvalue weighted by atomic mass is 127. The van der Waals surface area contributed by atoms with Crippen LogP contribution in [0.1, 0.15) is 51.0 Å². The Bertz CT molecular complexity index is 618. The lowest BCUT2D eigenvalue weighted by Crippen LogP contribution is -2.46. The third-order valence-corrected chi connectivity index (χ3v) is 5.61. The highest BCUT2D eigenvalue weighted by molar-refractivity contribution is 14.0. The smallest absolute Gasteiger partial charge is 0.213 e. The molecule has 1 heterocycles. The summed E-state index contributed by atoms with van der Waals surface area (Å²) in [5.74, 6) is 2.31. The number of guanidine groups is 1. The van der Waals surface area contributed by atoms with E-state index in [1.54, 1.807) is 7.11 Å². The highest BCUT2D eigenvalue weighted by Crippen LogP contribution is 2.43. The Morgan fingerprint density at radius 2 is 2.14 bits per heavy atom. The quantitative estimate of drug-likeness (QED) is 0.274. The number of methoxy groups -OCH3 is 1. The van der Waals surface area contributed by atoms with Crippen molar-refractivity contribution in [3.8, 4) is 5.88 Å². The molecule has 0 bridgehead atoms. The van der Waals surface area contributed by atoms with Gasteiger partial charge < -0.3 is 20.1 Å². The van der Waals surface area contributed by atoms with Crippen LogP contribution in [-0.4, -0.2) is 44.4 Å². The maximum atomic E-state index is 5.77. The first-order chi connectivity index (χ1) is 13.2. The zero-order chi connectivity index (χ0) is 19.0. The molecule has 0 unspecified atom stereocenters. The number of hydrogen-bond acceptors (Lipinski definition) is 4. The van der Waals surface area contributed by atoms with Crippen molar-refractivity contribution in [2.24, 2.45) is 16.3 Å². The second kappa shape index (κ2) is 11.8. The van der Waals surface area contributed by atoms with E-state index in [0.717, 1.165) is 50.2 Å². The van der Waals surface area contributed by atoms with Gasteiger partial charge in [0.2, 0.25) is 5.88 Å². The first kappa shape index (κ1) is 23.2. The van der Waals surface area contributed by atoms with Crippen molar-refractivity contribution >= 4 is 29.9 Å². The van der Waals surface area contributed by atoms with Crippen LogP contribution in [0, 0.1) is 11.3 Å². The lowest BCUT2D eigenvalue weighted by molar-refractivity contribution is 0.0732. The first-order valence-electron chi connectivity index (χ1n) is 10.3. The molecule has 6 nitrogen and oxygen atoms in total. The fourth-order valence-corrected chi connectivity index (χ4v) is 3.41. The summed E-state index contributed by atoms with van der Waals surface area (Å²) in [6.45, 7) is 6.13. The number of pyridine rings is 1. The van der Waals surface area contributed by atoms with Crippen LogP contribution >= 0.6 is 24.0 Å². The molecule has 158 valence electrons. The maximum Gasteiger partial charge on any atom is 0.213 e. The van der Waals surface area contributed by atoms with E-state index in [9.17, 15) is 0 Å². The number of rotatable bonds is 11. The van der Waals surface area contributed by atoms with Gasteiger partial charge in [-0.2, -0.15) is 0 Å². The van der Waals surface area contributed by atoms with E-state index in [4.69, 9.17) is 14.5 Å². The van der Waals surface area contributed by atoms with Gasteiger partial charge in [0.05, 0.1) is 13.2 Å². The highest BCUT2D eigenvalue weighted by Gasteiger charge is 2.36. The van der Waals surface area contributed by atoms with Crippen molar-refractivity contribution < 1.29 is 9.47 Å². The van der Waals surface area contributed by atoms with Crippen molar-refractivity contribution in [3.63, 3.8) is 0 Å². The average molecular weight is 502 g/mol. The summed E-state index contributed by atoms with van der Waals surface area (Å²) >= 11 is 0. The molecule has 28 heavy (non-hydrogen) atoms. The predicted octanol–water partition coefficient (Wildman–Crippen LogP) is 3.75. The van der Waals surface area contributed by atoms with Gasteiger partial charge in [0.25, 0.3) is 0 Å². The molecule has 2 fully saturated rings. The zero-order valence-corrected chi connectivity index (χ0v) is 19.5. The molecule has 0 atom stereocenters. The van der Waals surface area contributed by atoms with Crippen LogP contribution in [0.4, 0.5) is 0 Å². The fraction of sp³-hybridized carbons (Fsp3) is 0.714. The average Bonchev–Trinajstić information content (AvgIpc) is 3.48. The predicted molar refractivity (Wildman–Crippen MR) is 123 cm³/mol. The van der Waals surface area contributed by atoms with Gasteiger partial charge in [-0.15, -0.1) is 24.0 Å². The summed E-state index contributed by atoms with van der Waals surface area (Å²) in [7, 11) is 1.78. The standard InChI is InChI=1S/C21H34N4O2.HI/c1-3-22-20(25-16-21(8-4-9-21)10-12-26-2)24-14-18-7-11-23-19(13-18)27-15-17-5-6-17;/h7,11,13,17H,3-6,8-10,12,14-16H2,1-2H3,(H2,22,24,25);1H. The minimum atomic E-state index is 0. The molecule has 3 rings (SSSR count). The summed E-state index contributed by atoms with van der Waals surface area (Å²) in [6.07, 6.45) is 9.36. The monoisotopic (exact) mass is 502 g/mol. The van der Waals surface area contributed by atoms with E-state index in [-0.39, 0.29) is 24.0 Å². The molecule has 7 heteroatoms. The zero-order valence-electron chi connectivity index (χ0n) is 17.2. The minimum Gasteiger partial charge on any atom is -0.477 e. The van der Waals surface area contributed by atoms with Gasteiger partial charge in [-0.3, -0.25) is 0 Å². The largest absolute Gasteiger partial charge is 0.477 e. The van der Waals surface area contributed by atoms with E-state index in [0.29, 0.717) is 17.8 Å². The molecule has 2 aliphatic rings. The third-order valence-electron chi connectivity index (χ3n) is 5.61. The number of hydrogen-bond donors (Lipinski definition) is 2. The summed E-state index contributed by atoms with van der Waals surface area (Å²) < 4.78 is 11.1. The number of ether oxygens (including phenoxy) is 2. The van der Waals surface area contributed by atoms with Crippen LogP contribution in [0.15, 0.2) is 23.3 Å². The topological polar surface area (TPSA) is 67.8 Å². The van der Waals surface area contributed by atoms with Crippen LogP contribution in [0.3, 0.4) is 0 Å². The molecule has 2 N–H and O–H groups in total. The van der Waals surface area contributed by atoms with Crippen molar-refractivity contribution in [1.29, 1.82) is 0 Å². The molecule has 0 radical (unpaired) electrons. The summed E-state index contributed by atoms with van der Waals surface area (Å²) in [4.78, 5) is 9.06. The molecule has 0 aromatic carbocycles. The van der Waals surface area contributed by atoms with E-state index in [1.165, 1.54) is 32.1 Å². The maximum absolute atomic E-state index is 5.77. The normalized spacial score (nSPS) is 18.0. The third kappa shape index (κ3) is 7.39. The Hall–Kier alpha value is -1.09. The number of halogens is 1. The van der Waals surface area contributed by atoms with Gasteiger partial charge in [-0.1, -0.05) is 6.42 Å². The SMILES string of the molecule is CCNC(=NCc1ccnc(OCC2CC2)c1)NCC1(CCOC)CCC1.I. The minimum absolute atomic E-state index is 0. The first-order valence-corrected chi connectivity index (χ1v) is 10.3. The van der Waals surface area contributed by atoms with Gasteiger partial charge in [0, 0.05) is 39.1 Å². The number of aliphatic imine (C=N–C) groups is 1. The lowest BCUT2D eigenvalue weighted by Gasteiger charge is -2.42. The van der Waals surface area contributed by atoms with Crippen LogP contribution in [0.2, 0.25) is 0 Å². The van der Waals surface area contributed by atoms with Crippen LogP contribution in [0.5, 0.6) is 5.88 Å². The van der Waals surface area contributed by atoms with Crippen molar-refractivity contribution in [2.75, 3.05) is 33.4 Å². The number of aromatic nitrogens is 1. The molecular weight excluding hydrogens is 467 g/mol. The Balaban J connectivity index is 0.00000280. The van der Waals surface area contributed by atoms with Gasteiger partial charge in [0.1, 0.15) is 0 Å². The second-order valence-corrected chi connectivity index (χ2v) is 7.90. The molecule has 2 aliphatic carbocycles. The van der Waals surface area contributed by atoms with E-state index < -0.39 is 0 Å². The Morgan fingerprint density at radius 3 is 2.79 bits per heavy atom. The van der Waals surface area contributed by atoms with Crippen LogP contribution < -0.4 is 15.4 Å². The van der Waals surface area contributed by atoms with Crippen molar-refractivity contribution in [3.05, 3.63) is 23.9 Å². The second-order valence-electron chi connectivity index (χ2n) is 7.90. The molecule has 0 aliphatic heterocycles. The number of nitrogens with zero attached hydrogens (tertiary/aromatic N) is 2. The Morgan fingerprint density at radius 1 is 1.32 bits per heavy atom. The molecular formula is C21H35IN4O2. The molecule has 1 aromatic heterocycles. The van der Waals surface area contributed by atoms with Crippen molar-refractivity contribution in [2.45, 2.75) is 52.0 Å². The molecule has 2 saturated carbocycles. The van der Waals surface area contributed by atoms with Gasteiger partial charge in [-0.25, -0.2) is 9.98 Å². The van der Waals surface area contributed by atoms with Gasteiger partial charge in [0.15, 0.2) is 5.96 Å². The van der Waals surface area contributed by atoms with Gasteiger partial charge >= 0.3 is 0 Å².